The Morgan fingerprint density at radius 2 is 1.70 bits per heavy atom. The first kappa shape index (κ1) is 14.9. The van der Waals surface area contributed by atoms with Crippen molar-refractivity contribution < 1.29 is 4.79 Å². The van der Waals surface area contributed by atoms with Crippen LogP contribution in [-0.2, 0) is 4.79 Å². The summed E-state index contributed by atoms with van der Waals surface area (Å²) in [7, 11) is 0. The van der Waals surface area contributed by atoms with Crippen LogP contribution in [0.2, 0.25) is 15.1 Å². The normalized spacial score (nSPS) is 10.8. The molecule has 1 aromatic heterocycles. The molecule has 0 saturated carbocycles. The Bertz CT molecular complexity index is 651. The predicted octanol–water partition coefficient (Wildman–Crippen LogP) is 4.69. The van der Waals surface area contributed by atoms with Crippen LogP contribution in [0, 0.1) is 0 Å². The number of benzene rings is 1. The number of amides is 1. The second-order valence-corrected chi connectivity index (χ2v) is 5.01. The fourth-order valence-corrected chi connectivity index (χ4v) is 2.16. The lowest BCUT2D eigenvalue weighted by molar-refractivity contribution is -0.111. The van der Waals surface area contributed by atoms with E-state index in [1.54, 1.807) is 30.3 Å². The van der Waals surface area contributed by atoms with Crippen LogP contribution in [0.3, 0.4) is 0 Å². The zero-order valence-corrected chi connectivity index (χ0v) is 12.4. The van der Waals surface area contributed by atoms with Crippen molar-refractivity contribution in [3.63, 3.8) is 0 Å². The third-order valence-corrected chi connectivity index (χ3v) is 3.37. The maximum atomic E-state index is 11.8. The van der Waals surface area contributed by atoms with Crippen LogP contribution in [0.1, 0.15) is 5.56 Å². The summed E-state index contributed by atoms with van der Waals surface area (Å²) < 4.78 is 0. The molecule has 0 unspecified atom stereocenters. The number of anilines is 1. The summed E-state index contributed by atoms with van der Waals surface area (Å²) in [6.07, 6.45) is 4.39. The summed E-state index contributed by atoms with van der Waals surface area (Å²) in [4.78, 5) is 15.7. The van der Waals surface area contributed by atoms with E-state index in [4.69, 9.17) is 34.8 Å². The maximum Gasteiger partial charge on any atom is 0.249 e. The topological polar surface area (TPSA) is 42.0 Å². The molecule has 2 aromatic rings. The van der Waals surface area contributed by atoms with Gasteiger partial charge in [0.15, 0.2) is 5.82 Å². The molecule has 20 heavy (non-hydrogen) atoms. The molecule has 0 aliphatic carbocycles. The molecule has 6 heteroatoms. The second kappa shape index (κ2) is 6.75. The lowest BCUT2D eigenvalue weighted by Gasteiger charge is -2.03. The van der Waals surface area contributed by atoms with E-state index >= 15 is 0 Å². The summed E-state index contributed by atoms with van der Waals surface area (Å²) in [6.45, 7) is 0. The van der Waals surface area contributed by atoms with Crippen LogP contribution in [0.25, 0.3) is 6.08 Å². The van der Waals surface area contributed by atoms with E-state index in [0.29, 0.717) is 26.4 Å². The number of aromatic nitrogens is 1. The van der Waals surface area contributed by atoms with Gasteiger partial charge in [-0.05, 0) is 30.3 Å². The molecule has 0 aliphatic heterocycles. The zero-order valence-electron chi connectivity index (χ0n) is 10.1. The average Bonchev–Trinajstić information content (AvgIpc) is 2.41. The van der Waals surface area contributed by atoms with Gasteiger partial charge in [0.05, 0.1) is 5.02 Å². The molecule has 1 amide bonds. The van der Waals surface area contributed by atoms with Crippen molar-refractivity contribution >= 4 is 52.6 Å². The minimum atomic E-state index is -0.374. The van der Waals surface area contributed by atoms with Gasteiger partial charge >= 0.3 is 0 Å². The molecule has 0 atom stereocenters. The van der Waals surface area contributed by atoms with Gasteiger partial charge in [-0.25, -0.2) is 4.98 Å². The maximum absolute atomic E-state index is 11.8. The molecular formula is C14H9Cl3N2O. The number of carbonyl (C=O) groups excluding carboxylic acids is 1. The highest BCUT2D eigenvalue weighted by atomic mass is 35.5. The molecule has 2 rings (SSSR count). The Kier molecular flexibility index (Phi) is 5.01. The minimum absolute atomic E-state index is 0.300. The van der Waals surface area contributed by atoms with Gasteiger partial charge in [0.2, 0.25) is 5.91 Å². The van der Waals surface area contributed by atoms with E-state index in [0.717, 1.165) is 0 Å². The van der Waals surface area contributed by atoms with E-state index < -0.39 is 0 Å². The van der Waals surface area contributed by atoms with E-state index in [2.05, 4.69) is 10.3 Å². The number of halogens is 3. The van der Waals surface area contributed by atoms with Gasteiger partial charge in [0.25, 0.3) is 0 Å². The molecule has 102 valence electrons. The van der Waals surface area contributed by atoms with E-state index in [-0.39, 0.29) is 5.91 Å². The van der Waals surface area contributed by atoms with Crippen molar-refractivity contribution in [3.05, 3.63) is 63.2 Å². The van der Waals surface area contributed by atoms with Gasteiger partial charge in [-0.3, -0.25) is 4.79 Å². The third-order valence-electron chi connectivity index (χ3n) is 2.40. The molecule has 1 aromatic carbocycles. The van der Waals surface area contributed by atoms with Crippen molar-refractivity contribution in [3.8, 4) is 0 Å². The van der Waals surface area contributed by atoms with Gasteiger partial charge in [-0.15, -0.1) is 0 Å². The number of pyridine rings is 1. The number of hydrogen-bond acceptors (Lipinski definition) is 2. The number of nitrogens with zero attached hydrogens (tertiary/aromatic N) is 1. The van der Waals surface area contributed by atoms with Crippen LogP contribution < -0.4 is 5.32 Å². The van der Waals surface area contributed by atoms with Crippen LogP contribution in [0.15, 0.2) is 42.6 Å². The van der Waals surface area contributed by atoms with Crippen molar-refractivity contribution in [1.82, 2.24) is 4.98 Å². The molecule has 0 aliphatic rings. The van der Waals surface area contributed by atoms with Crippen LogP contribution >= 0.6 is 34.8 Å². The van der Waals surface area contributed by atoms with Crippen LogP contribution in [0.5, 0.6) is 0 Å². The smallest absolute Gasteiger partial charge is 0.249 e. The first-order valence-corrected chi connectivity index (χ1v) is 6.75. The average molecular weight is 328 g/mol. The highest BCUT2D eigenvalue weighted by molar-refractivity contribution is 6.37. The fraction of sp³-hybridized carbons (Fsp3) is 0. The van der Waals surface area contributed by atoms with E-state index in [1.165, 1.54) is 18.3 Å². The second-order valence-electron chi connectivity index (χ2n) is 3.79. The highest BCUT2D eigenvalue weighted by Crippen LogP contribution is 2.25. The molecule has 0 radical (unpaired) electrons. The molecule has 0 saturated heterocycles. The van der Waals surface area contributed by atoms with Gasteiger partial charge in [-0.2, -0.15) is 0 Å². The number of nitrogens with one attached hydrogen (secondary N) is 1. The molecule has 1 heterocycles. The first-order valence-electron chi connectivity index (χ1n) is 5.61. The summed E-state index contributed by atoms with van der Waals surface area (Å²) in [5, 5.41) is 3.87. The summed E-state index contributed by atoms with van der Waals surface area (Å²) in [6, 6.07) is 8.44. The summed E-state index contributed by atoms with van der Waals surface area (Å²) in [5.41, 5.74) is 0.582. The fourth-order valence-electron chi connectivity index (χ4n) is 1.46. The standard InChI is InChI=1S/C14H9Cl3N2O/c15-10-3-1-4-11(16)9(10)6-7-13(20)19-14-12(17)5-2-8-18-14/h1-8H,(H,18,19,20)/b7-6+. The van der Waals surface area contributed by atoms with Gasteiger partial charge in [0.1, 0.15) is 0 Å². The Hall–Kier alpha value is -1.55. The minimum Gasteiger partial charge on any atom is -0.306 e. The van der Waals surface area contributed by atoms with Gasteiger partial charge in [-0.1, -0.05) is 40.9 Å². The summed E-state index contributed by atoms with van der Waals surface area (Å²) in [5.74, 6) is -0.0735. The molecule has 1 N–H and O–H groups in total. The molecule has 0 bridgehead atoms. The lowest BCUT2D eigenvalue weighted by atomic mass is 10.2. The Morgan fingerprint density at radius 1 is 1.05 bits per heavy atom. The lowest BCUT2D eigenvalue weighted by Crippen LogP contribution is -2.09. The Labute approximate surface area is 131 Å². The van der Waals surface area contributed by atoms with Crippen LogP contribution in [0.4, 0.5) is 5.82 Å². The van der Waals surface area contributed by atoms with Gasteiger partial charge < -0.3 is 5.32 Å². The Morgan fingerprint density at radius 3 is 2.35 bits per heavy atom. The Balaban J connectivity index is 2.12. The van der Waals surface area contributed by atoms with E-state index in [1.807, 2.05) is 0 Å². The molecule has 0 fully saturated rings. The first-order chi connectivity index (χ1) is 9.58. The van der Waals surface area contributed by atoms with Crippen LogP contribution in [-0.4, -0.2) is 10.9 Å². The van der Waals surface area contributed by atoms with E-state index in [9.17, 15) is 4.79 Å². The quantitative estimate of drug-likeness (QED) is 0.831. The number of rotatable bonds is 3. The summed E-state index contributed by atoms with van der Waals surface area (Å²) >= 11 is 17.9. The third kappa shape index (κ3) is 3.73. The van der Waals surface area contributed by atoms with Crippen molar-refractivity contribution in [2.45, 2.75) is 0 Å². The molecule has 3 nitrogen and oxygen atoms in total. The zero-order chi connectivity index (χ0) is 14.5. The largest absolute Gasteiger partial charge is 0.306 e. The van der Waals surface area contributed by atoms with Crippen molar-refractivity contribution in [2.75, 3.05) is 5.32 Å². The van der Waals surface area contributed by atoms with Crippen molar-refractivity contribution in [2.24, 2.45) is 0 Å². The molecular weight excluding hydrogens is 319 g/mol. The van der Waals surface area contributed by atoms with Crippen molar-refractivity contribution in [1.29, 1.82) is 0 Å². The molecule has 0 spiro atoms. The number of hydrogen-bond donors (Lipinski definition) is 1. The highest BCUT2D eigenvalue weighted by Gasteiger charge is 2.05. The predicted molar refractivity (Wildman–Crippen MR) is 83.4 cm³/mol. The van der Waals surface area contributed by atoms with Gasteiger partial charge in [0, 0.05) is 27.9 Å². The monoisotopic (exact) mass is 326 g/mol. The number of carbonyl (C=O) groups is 1. The SMILES string of the molecule is O=C(/C=C/c1c(Cl)cccc1Cl)Nc1ncccc1Cl.